The van der Waals surface area contributed by atoms with Crippen LogP contribution in [0.3, 0.4) is 0 Å². The Bertz CT molecular complexity index is 668. The maximum absolute atomic E-state index is 12.4. The molecule has 102 valence electrons. The lowest BCUT2D eigenvalue weighted by molar-refractivity contribution is 0.403. The zero-order valence-corrected chi connectivity index (χ0v) is 13.0. The molecule has 0 aliphatic carbocycles. The lowest BCUT2D eigenvalue weighted by Gasteiger charge is -2.14. The fourth-order valence-corrected chi connectivity index (χ4v) is 5.75. The van der Waals surface area contributed by atoms with Crippen LogP contribution < -0.4 is 0 Å². The second kappa shape index (κ2) is 4.97. The third-order valence-corrected chi connectivity index (χ3v) is 6.99. The van der Waals surface area contributed by atoms with E-state index in [2.05, 4.69) is 26.1 Å². The third kappa shape index (κ3) is 2.47. The average molecular weight is 363 g/mol. The first-order valence-corrected chi connectivity index (χ1v) is 8.73. The van der Waals surface area contributed by atoms with Crippen LogP contribution in [-0.4, -0.2) is 40.8 Å². The van der Waals surface area contributed by atoms with Crippen LogP contribution in [0, 0.1) is 0 Å². The first-order valence-electron chi connectivity index (χ1n) is 5.68. The van der Waals surface area contributed by atoms with Gasteiger partial charge < -0.3 is 0 Å². The Hall–Kier alpha value is -0.770. The Morgan fingerprint density at radius 1 is 1.32 bits per heavy atom. The van der Waals surface area contributed by atoms with Gasteiger partial charge in [-0.05, 0) is 34.5 Å². The summed E-state index contributed by atoms with van der Waals surface area (Å²) in [6, 6.07) is 3.40. The van der Waals surface area contributed by atoms with Crippen LogP contribution in [0.15, 0.2) is 32.5 Å². The molecule has 3 heterocycles. The van der Waals surface area contributed by atoms with Crippen molar-refractivity contribution >= 4 is 37.3 Å². The molecule has 6 nitrogen and oxygen atoms in total. The third-order valence-electron chi connectivity index (χ3n) is 3.03. The van der Waals surface area contributed by atoms with Gasteiger partial charge in [0.25, 0.3) is 10.0 Å². The summed E-state index contributed by atoms with van der Waals surface area (Å²) < 4.78 is 27.5. The van der Waals surface area contributed by atoms with E-state index in [9.17, 15) is 8.42 Å². The van der Waals surface area contributed by atoms with Crippen molar-refractivity contribution in [3.05, 3.63) is 28.3 Å². The lowest BCUT2D eigenvalue weighted by Crippen LogP contribution is -2.29. The van der Waals surface area contributed by atoms with Crippen molar-refractivity contribution in [2.75, 3.05) is 13.1 Å². The van der Waals surface area contributed by atoms with Gasteiger partial charge in [-0.2, -0.15) is 19.3 Å². The maximum atomic E-state index is 12.4. The van der Waals surface area contributed by atoms with Crippen LogP contribution in [0.1, 0.15) is 12.5 Å². The van der Waals surface area contributed by atoms with Gasteiger partial charge in [-0.25, -0.2) is 8.42 Å². The highest BCUT2D eigenvalue weighted by molar-refractivity contribution is 9.11. The monoisotopic (exact) mass is 362 g/mol. The van der Waals surface area contributed by atoms with Gasteiger partial charge in [-0.3, -0.25) is 0 Å². The molecule has 1 aliphatic rings. The molecule has 1 saturated heterocycles. The molecule has 1 fully saturated rings. The molecular formula is C10H11BrN4O2S2. The molecule has 3 rings (SSSR count). The van der Waals surface area contributed by atoms with Gasteiger partial charge in [0.2, 0.25) is 0 Å². The van der Waals surface area contributed by atoms with Crippen LogP contribution in [0.2, 0.25) is 0 Å². The highest BCUT2D eigenvalue weighted by Gasteiger charge is 2.34. The number of thiophene rings is 1. The maximum Gasteiger partial charge on any atom is 0.252 e. The van der Waals surface area contributed by atoms with Crippen molar-refractivity contribution in [2.45, 2.75) is 16.7 Å². The van der Waals surface area contributed by atoms with Gasteiger partial charge in [-0.15, -0.1) is 11.3 Å². The molecule has 0 bridgehead atoms. The summed E-state index contributed by atoms with van der Waals surface area (Å²) in [4.78, 5) is 1.58. The number of halogens is 1. The predicted octanol–water partition coefficient (Wildman–Crippen LogP) is 1.74. The molecular weight excluding hydrogens is 352 g/mol. The summed E-state index contributed by atoms with van der Waals surface area (Å²) in [6.07, 6.45) is 3.95. The number of sulfonamides is 1. The molecule has 0 N–H and O–H groups in total. The predicted molar refractivity (Wildman–Crippen MR) is 74.5 cm³/mol. The number of hydrogen-bond acceptors (Lipinski definition) is 5. The fourth-order valence-electron chi connectivity index (χ4n) is 2.10. The van der Waals surface area contributed by atoms with Crippen molar-refractivity contribution in [2.24, 2.45) is 0 Å². The second-order valence-corrected chi connectivity index (χ2v) is 8.84. The minimum absolute atomic E-state index is 0.0215. The van der Waals surface area contributed by atoms with E-state index in [0.29, 0.717) is 17.3 Å². The van der Waals surface area contributed by atoms with Crippen LogP contribution in [0.4, 0.5) is 0 Å². The van der Waals surface area contributed by atoms with E-state index < -0.39 is 10.0 Å². The molecule has 2 aromatic heterocycles. The Balaban J connectivity index is 1.81. The van der Waals surface area contributed by atoms with Crippen molar-refractivity contribution in [3.63, 3.8) is 0 Å². The molecule has 19 heavy (non-hydrogen) atoms. The zero-order chi connectivity index (χ0) is 13.5. The van der Waals surface area contributed by atoms with Gasteiger partial charge in [0.1, 0.15) is 4.21 Å². The molecule has 0 aromatic carbocycles. The molecule has 0 spiro atoms. The van der Waals surface area contributed by atoms with Crippen molar-refractivity contribution in [1.29, 1.82) is 0 Å². The quantitative estimate of drug-likeness (QED) is 0.833. The fraction of sp³-hybridized carbons (Fsp3) is 0.400. The smallest absolute Gasteiger partial charge is 0.206 e. The summed E-state index contributed by atoms with van der Waals surface area (Å²) >= 11 is 4.52. The lowest BCUT2D eigenvalue weighted by atomic mass is 10.3. The van der Waals surface area contributed by atoms with Gasteiger partial charge >= 0.3 is 0 Å². The molecule has 0 unspecified atom stereocenters. The van der Waals surface area contributed by atoms with Crippen molar-refractivity contribution in [1.82, 2.24) is 19.3 Å². The highest BCUT2D eigenvalue weighted by atomic mass is 79.9. The van der Waals surface area contributed by atoms with Gasteiger partial charge in [0.05, 0.1) is 22.2 Å². The van der Waals surface area contributed by atoms with E-state index in [1.807, 2.05) is 0 Å². The topological polar surface area (TPSA) is 68.1 Å². The minimum atomic E-state index is -3.39. The average Bonchev–Trinajstić information content (AvgIpc) is 3.10. The first-order chi connectivity index (χ1) is 9.07. The van der Waals surface area contributed by atoms with Gasteiger partial charge in [0.15, 0.2) is 0 Å². The minimum Gasteiger partial charge on any atom is -0.206 e. The van der Waals surface area contributed by atoms with Crippen LogP contribution in [0.5, 0.6) is 0 Å². The Labute approximate surface area is 123 Å². The Morgan fingerprint density at radius 2 is 2.05 bits per heavy atom. The summed E-state index contributed by atoms with van der Waals surface area (Å²) in [5.41, 5.74) is 0. The number of aromatic nitrogens is 3. The largest absolute Gasteiger partial charge is 0.252 e. The molecule has 1 atom stereocenters. The standard InChI is InChI=1S/C10H11BrN4O2S2/c11-9-1-2-10(18-9)19(16,17)14-6-3-8(7-14)15-12-4-5-13-15/h1-2,4-5,8H,3,6-7H2/t8-/m1/s1. The molecule has 2 aromatic rings. The molecule has 0 amide bonds. The van der Waals surface area contributed by atoms with E-state index >= 15 is 0 Å². The summed E-state index contributed by atoms with van der Waals surface area (Å²) in [5.74, 6) is 0. The van der Waals surface area contributed by atoms with Crippen molar-refractivity contribution in [3.8, 4) is 0 Å². The summed E-state index contributed by atoms with van der Waals surface area (Å²) in [7, 11) is -3.39. The van der Waals surface area contributed by atoms with E-state index in [0.717, 1.165) is 10.2 Å². The molecule has 0 saturated carbocycles. The first kappa shape index (κ1) is 13.2. The zero-order valence-electron chi connectivity index (χ0n) is 9.81. The van der Waals surface area contributed by atoms with Crippen LogP contribution in [-0.2, 0) is 10.0 Å². The normalized spacial score (nSPS) is 21.0. The van der Waals surface area contributed by atoms with E-state index in [-0.39, 0.29) is 6.04 Å². The Morgan fingerprint density at radius 3 is 2.68 bits per heavy atom. The number of rotatable bonds is 3. The second-order valence-electron chi connectivity index (χ2n) is 4.21. The molecule has 1 aliphatic heterocycles. The molecule has 0 radical (unpaired) electrons. The summed E-state index contributed by atoms with van der Waals surface area (Å²) in [6.45, 7) is 0.927. The van der Waals surface area contributed by atoms with Crippen LogP contribution >= 0.6 is 27.3 Å². The SMILES string of the molecule is O=S(=O)(c1ccc(Br)s1)N1CC[C@@H](n2nccn2)C1. The summed E-state index contributed by atoms with van der Waals surface area (Å²) in [5, 5.41) is 8.14. The van der Waals surface area contributed by atoms with E-state index in [1.165, 1.54) is 15.6 Å². The number of hydrogen-bond donors (Lipinski definition) is 0. The van der Waals surface area contributed by atoms with Gasteiger partial charge in [-0.1, -0.05) is 0 Å². The Kier molecular flexibility index (Phi) is 3.46. The van der Waals surface area contributed by atoms with Crippen LogP contribution in [0.25, 0.3) is 0 Å². The molecule has 9 heteroatoms. The van der Waals surface area contributed by atoms with Crippen molar-refractivity contribution < 1.29 is 8.42 Å². The van der Waals surface area contributed by atoms with Gasteiger partial charge in [0, 0.05) is 13.1 Å². The van der Waals surface area contributed by atoms with E-state index in [4.69, 9.17) is 0 Å². The highest BCUT2D eigenvalue weighted by Crippen LogP contribution is 2.31. The van der Waals surface area contributed by atoms with E-state index in [1.54, 1.807) is 29.3 Å². The number of nitrogens with zero attached hydrogens (tertiary/aromatic N) is 4.